The maximum atomic E-state index is 11.8. The first kappa shape index (κ1) is 15.3. The second kappa shape index (κ2) is 7.60. The first-order valence-corrected chi connectivity index (χ1v) is 7.62. The molecule has 0 saturated heterocycles. The number of carbonyl (C=O) groups excluding carboxylic acids is 1. The predicted molar refractivity (Wildman–Crippen MR) is 81.5 cm³/mol. The molecule has 0 spiro atoms. The summed E-state index contributed by atoms with van der Waals surface area (Å²) in [5, 5.41) is 0. The SMILES string of the molecule is CC1=C(Br)C(OC(=O)COCc2ccccc2)CCC1. The summed E-state index contributed by atoms with van der Waals surface area (Å²) in [4.78, 5) is 11.8. The Morgan fingerprint density at radius 2 is 2.10 bits per heavy atom. The second-order valence-electron chi connectivity index (χ2n) is 4.98. The van der Waals surface area contributed by atoms with Gasteiger partial charge in [0.25, 0.3) is 0 Å². The van der Waals surface area contributed by atoms with Gasteiger partial charge >= 0.3 is 5.97 Å². The maximum Gasteiger partial charge on any atom is 0.332 e. The van der Waals surface area contributed by atoms with Crippen LogP contribution in [0.25, 0.3) is 0 Å². The minimum absolute atomic E-state index is 0.00920. The molecule has 1 aliphatic rings. The van der Waals surface area contributed by atoms with Gasteiger partial charge in [0, 0.05) is 4.48 Å². The molecule has 0 aromatic heterocycles. The van der Waals surface area contributed by atoms with E-state index in [0.717, 1.165) is 29.3 Å². The molecule has 0 radical (unpaired) electrons. The monoisotopic (exact) mass is 338 g/mol. The topological polar surface area (TPSA) is 35.5 Å². The van der Waals surface area contributed by atoms with Gasteiger partial charge in [-0.05, 0) is 31.7 Å². The van der Waals surface area contributed by atoms with Crippen molar-refractivity contribution >= 4 is 21.9 Å². The number of hydrogen-bond donors (Lipinski definition) is 0. The number of ether oxygens (including phenoxy) is 2. The lowest BCUT2D eigenvalue weighted by Crippen LogP contribution is -2.24. The normalized spacial score (nSPS) is 19.0. The molecule has 0 saturated carbocycles. The van der Waals surface area contributed by atoms with E-state index in [1.54, 1.807) is 0 Å². The van der Waals surface area contributed by atoms with Gasteiger partial charge in [-0.25, -0.2) is 4.79 Å². The molecule has 0 amide bonds. The lowest BCUT2D eigenvalue weighted by atomic mass is 9.99. The van der Waals surface area contributed by atoms with Gasteiger partial charge in [-0.2, -0.15) is 0 Å². The molecule has 4 heteroatoms. The Kier molecular flexibility index (Phi) is 5.80. The summed E-state index contributed by atoms with van der Waals surface area (Å²) < 4.78 is 11.8. The number of esters is 1. The van der Waals surface area contributed by atoms with Crippen LogP contribution < -0.4 is 0 Å². The molecule has 2 rings (SSSR count). The molecule has 0 aliphatic heterocycles. The van der Waals surface area contributed by atoms with Crippen molar-refractivity contribution < 1.29 is 14.3 Å². The number of halogens is 1. The van der Waals surface area contributed by atoms with Crippen molar-refractivity contribution in [3.05, 3.63) is 46.0 Å². The standard InChI is InChI=1S/C16H19BrO3/c1-12-6-5-9-14(16(12)17)20-15(18)11-19-10-13-7-3-2-4-8-13/h2-4,7-8,14H,5-6,9-11H2,1H3. The summed E-state index contributed by atoms with van der Waals surface area (Å²) in [6.07, 6.45) is 2.86. The van der Waals surface area contributed by atoms with E-state index >= 15 is 0 Å². The quantitative estimate of drug-likeness (QED) is 0.762. The van der Waals surface area contributed by atoms with E-state index in [2.05, 4.69) is 22.9 Å². The fraction of sp³-hybridized carbons (Fsp3) is 0.438. The second-order valence-corrected chi connectivity index (χ2v) is 5.83. The summed E-state index contributed by atoms with van der Waals surface area (Å²) in [5.41, 5.74) is 2.31. The van der Waals surface area contributed by atoms with Crippen molar-refractivity contribution in [2.24, 2.45) is 0 Å². The van der Waals surface area contributed by atoms with Gasteiger partial charge < -0.3 is 9.47 Å². The Bertz CT molecular complexity index is 482. The van der Waals surface area contributed by atoms with Crippen LogP contribution >= 0.6 is 15.9 Å². The Morgan fingerprint density at radius 1 is 1.35 bits per heavy atom. The highest BCUT2D eigenvalue weighted by molar-refractivity contribution is 9.11. The van der Waals surface area contributed by atoms with E-state index in [9.17, 15) is 4.79 Å². The summed E-state index contributed by atoms with van der Waals surface area (Å²) in [6, 6.07) is 9.78. The van der Waals surface area contributed by atoms with Crippen LogP contribution in [-0.4, -0.2) is 18.7 Å². The number of carbonyl (C=O) groups is 1. The summed E-state index contributed by atoms with van der Waals surface area (Å²) in [7, 11) is 0. The number of allylic oxidation sites excluding steroid dienone is 1. The zero-order valence-corrected chi connectivity index (χ0v) is 13.2. The van der Waals surface area contributed by atoms with Gasteiger partial charge in [0.1, 0.15) is 12.7 Å². The van der Waals surface area contributed by atoms with Crippen LogP contribution in [0.1, 0.15) is 31.7 Å². The lowest BCUT2D eigenvalue weighted by molar-refractivity contribution is -0.153. The van der Waals surface area contributed by atoms with E-state index in [1.807, 2.05) is 30.3 Å². The van der Waals surface area contributed by atoms with Crippen LogP contribution in [0.2, 0.25) is 0 Å². The van der Waals surface area contributed by atoms with Gasteiger partial charge in [0.05, 0.1) is 6.61 Å². The molecule has 0 N–H and O–H groups in total. The van der Waals surface area contributed by atoms with Crippen LogP contribution in [0.5, 0.6) is 0 Å². The minimum atomic E-state index is -0.308. The Labute approximate surface area is 128 Å². The van der Waals surface area contributed by atoms with Gasteiger partial charge in [-0.15, -0.1) is 0 Å². The highest BCUT2D eigenvalue weighted by Gasteiger charge is 2.22. The van der Waals surface area contributed by atoms with E-state index in [0.29, 0.717) is 6.61 Å². The molecule has 0 bridgehead atoms. The molecule has 108 valence electrons. The molecule has 1 atom stereocenters. The Morgan fingerprint density at radius 3 is 2.85 bits per heavy atom. The largest absolute Gasteiger partial charge is 0.455 e. The number of rotatable bonds is 5. The van der Waals surface area contributed by atoms with Crippen molar-refractivity contribution in [3.8, 4) is 0 Å². The molecule has 1 unspecified atom stereocenters. The third-order valence-electron chi connectivity index (χ3n) is 3.31. The molecule has 20 heavy (non-hydrogen) atoms. The zero-order valence-electron chi connectivity index (χ0n) is 11.6. The molecular weight excluding hydrogens is 320 g/mol. The van der Waals surface area contributed by atoms with Gasteiger partial charge in [0.15, 0.2) is 0 Å². The first-order valence-electron chi connectivity index (χ1n) is 6.83. The Hall–Kier alpha value is -1.13. The lowest BCUT2D eigenvalue weighted by Gasteiger charge is -2.23. The molecule has 0 fully saturated rings. The summed E-state index contributed by atoms with van der Waals surface area (Å²) in [5.74, 6) is -0.308. The number of hydrogen-bond acceptors (Lipinski definition) is 3. The van der Waals surface area contributed by atoms with Crippen molar-refractivity contribution in [1.82, 2.24) is 0 Å². The smallest absolute Gasteiger partial charge is 0.332 e. The maximum absolute atomic E-state index is 11.8. The van der Waals surface area contributed by atoms with Crippen molar-refractivity contribution in [2.75, 3.05) is 6.61 Å². The Balaban J connectivity index is 1.74. The molecule has 3 nitrogen and oxygen atoms in total. The summed E-state index contributed by atoms with van der Waals surface area (Å²) >= 11 is 3.52. The average Bonchev–Trinajstić information content (AvgIpc) is 2.45. The highest BCUT2D eigenvalue weighted by atomic mass is 79.9. The van der Waals surface area contributed by atoms with Gasteiger partial charge in [-0.1, -0.05) is 51.8 Å². The van der Waals surface area contributed by atoms with Crippen molar-refractivity contribution in [1.29, 1.82) is 0 Å². The predicted octanol–water partition coefficient (Wildman–Crippen LogP) is 3.97. The van der Waals surface area contributed by atoms with E-state index in [1.165, 1.54) is 5.57 Å². The van der Waals surface area contributed by atoms with Crippen LogP contribution in [0.4, 0.5) is 0 Å². The third-order valence-corrected chi connectivity index (χ3v) is 4.50. The van der Waals surface area contributed by atoms with Crippen molar-refractivity contribution in [3.63, 3.8) is 0 Å². The minimum Gasteiger partial charge on any atom is -0.455 e. The fourth-order valence-electron chi connectivity index (χ4n) is 2.20. The van der Waals surface area contributed by atoms with Crippen LogP contribution in [0.3, 0.4) is 0 Å². The summed E-state index contributed by atoms with van der Waals surface area (Å²) in [6.45, 7) is 2.48. The number of benzene rings is 1. The highest BCUT2D eigenvalue weighted by Crippen LogP contribution is 2.31. The fourth-order valence-corrected chi connectivity index (χ4v) is 2.72. The first-order chi connectivity index (χ1) is 9.66. The third kappa shape index (κ3) is 4.46. The van der Waals surface area contributed by atoms with Gasteiger partial charge in [0.2, 0.25) is 0 Å². The van der Waals surface area contributed by atoms with Crippen LogP contribution in [0, 0.1) is 0 Å². The van der Waals surface area contributed by atoms with E-state index < -0.39 is 0 Å². The molecule has 1 aromatic carbocycles. The van der Waals surface area contributed by atoms with Crippen LogP contribution in [-0.2, 0) is 20.9 Å². The molecule has 1 aliphatic carbocycles. The molecular formula is C16H19BrO3. The van der Waals surface area contributed by atoms with Crippen molar-refractivity contribution in [2.45, 2.75) is 38.9 Å². The average molecular weight is 339 g/mol. The molecule has 0 heterocycles. The zero-order chi connectivity index (χ0) is 14.4. The van der Waals surface area contributed by atoms with Crippen LogP contribution in [0.15, 0.2) is 40.4 Å². The van der Waals surface area contributed by atoms with Gasteiger partial charge in [-0.3, -0.25) is 0 Å². The molecule has 1 aromatic rings. The van der Waals surface area contributed by atoms with E-state index in [-0.39, 0.29) is 18.7 Å². The van der Waals surface area contributed by atoms with E-state index in [4.69, 9.17) is 9.47 Å².